The van der Waals surface area contributed by atoms with Gasteiger partial charge in [-0.1, -0.05) is 12.8 Å². The molecule has 0 radical (unpaired) electrons. The number of aliphatic hydroxyl groups is 1. The highest BCUT2D eigenvalue weighted by molar-refractivity contribution is 6.05. The molecule has 1 fully saturated rings. The third kappa shape index (κ3) is 3.32. The molecule has 3 heterocycles. The molecule has 6 heteroatoms. The number of nitrogens with one attached hydrogen (secondary N) is 1. The summed E-state index contributed by atoms with van der Waals surface area (Å²) in [5, 5.41) is 13.1. The molecule has 1 aliphatic rings. The predicted molar refractivity (Wildman–Crippen MR) is 98.8 cm³/mol. The van der Waals surface area contributed by atoms with Crippen molar-refractivity contribution in [3.05, 3.63) is 60.2 Å². The van der Waals surface area contributed by atoms with E-state index in [4.69, 9.17) is 0 Å². The summed E-state index contributed by atoms with van der Waals surface area (Å²) >= 11 is 0. The lowest BCUT2D eigenvalue weighted by Crippen LogP contribution is -2.45. The first-order chi connectivity index (χ1) is 12.7. The van der Waals surface area contributed by atoms with Crippen molar-refractivity contribution in [2.45, 2.75) is 44.4 Å². The van der Waals surface area contributed by atoms with Crippen LogP contribution in [0.25, 0.3) is 11.0 Å². The Labute approximate surface area is 151 Å². The molecule has 0 saturated heterocycles. The SMILES string of the molecule is O=C(N[C@H]1CCCC[C@@H]1O)c1cn(Cc2ccncc2)c2cccnc12. The number of fused-ring (bicyclic) bond motifs is 1. The number of nitrogens with zero attached hydrogens (tertiary/aromatic N) is 3. The van der Waals surface area contributed by atoms with Crippen LogP contribution in [0.5, 0.6) is 0 Å². The van der Waals surface area contributed by atoms with Gasteiger partial charge in [-0.3, -0.25) is 14.8 Å². The Morgan fingerprint density at radius 2 is 2.00 bits per heavy atom. The van der Waals surface area contributed by atoms with Gasteiger partial charge in [-0.25, -0.2) is 0 Å². The number of hydrogen-bond donors (Lipinski definition) is 2. The van der Waals surface area contributed by atoms with Gasteiger partial charge in [0.25, 0.3) is 5.91 Å². The van der Waals surface area contributed by atoms with Crippen molar-refractivity contribution >= 4 is 16.9 Å². The fourth-order valence-electron chi connectivity index (χ4n) is 3.63. The Kier molecular flexibility index (Phi) is 4.67. The minimum atomic E-state index is -0.467. The third-order valence-electron chi connectivity index (χ3n) is 5.03. The van der Waals surface area contributed by atoms with Gasteiger partial charge in [-0.2, -0.15) is 0 Å². The first-order valence-electron chi connectivity index (χ1n) is 9.04. The molecule has 1 amide bonds. The van der Waals surface area contributed by atoms with Crippen molar-refractivity contribution in [3.8, 4) is 0 Å². The molecule has 2 atom stereocenters. The zero-order valence-corrected chi connectivity index (χ0v) is 14.5. The summed E-state index contributed by atoms with van der Waals surface area (Å²) in [7, 11) is 0. The number of carbonyl (C=O) groups excluding carboxylic acids is 1. The van der Waals surface area contributed by atoms with Crippen LogP contribution >= 0.6 is 0 Å². The summed E-state index contributed by atoms with van der Waals surface area (Å²) in [6.07, 6.45) is 10.2. The highest BCUT2D eigenvalue weighted by Crippen LogP contribution is 2.22. The molecule has 6 nitrogen and oxygen atoms in total. The van der Waals surface area contributed by atoms with Crippen molar-refractivity contribution in [2.24, 2.45) is 0 Å². The quantitative estimate of drug-likeness (QED) is 0.758. The smallest absolute Gasteiger partial charge is 0.255 e. The fraction of sp³-hybridized carbons (Fsp3) is 0.350. The van der Waals surface area contributed by atoms with Gasteiger partial charge in [0.05, 0.1) is 23.2 Å². The second-order valence-electron chi connectivity index (χ2n) is 6.83. The molecule has 0 bridgehead atoms. The summed E-state index contributed by atoms with van der Waals surface area (Å²) in [5.74, 6) is -0.173. The van der Waals surface area contributed by atoms with Gasteiger partial charge in [0.2, 0.25) is 0 Å². The summed E-state index contributed by atoms with van der Waals surface area (Å²) < 4.78 is 2.03. The van der Waals surface area contributed by atoms with Crippen molar-refractivity contribution in [1.82, 2.24) is 19.9 Å². The third-order valence-corrected chi connectivity index (χ3v) is 5.03. The number of aliphatic hydroxyl groups excluding tert-OH is 1. The number of carbonyl (C=O) groups is 1. The molecule has 0 aromatic carbocycles. The van der Waals surface area contributed by atoms with Crippen LogP contribution in [0.2, 0.25) is 0 Å². The van der Waals surface area contributed by atoms with Crippen LogP contribution in [0.3, 0.4) is 0 Å². The van der Waals surface area contributed by atoms with Crippen LogP contribution in [-0.2, 0) is 6.54 Å². The summed E-state index contributed by atoms with van der Waals surface area (Å²) in [6, 6.07) is 7.58. The summed E-state index contributed by atoms with van der Waals surface area (Å²) in [4.78, 5) is 21.3. The van der Waals surface area contributed by atoms with E-state index in [0.717, 1.165) is 36.8 Å². The van der Waals surface area contributed by atoms with E-state index in [1.165, 1.54) is 0 Å². The number of hydrogen-bond acceptors (Lipinski definition) is 4. The van der Waals surface area contributed by atoms with Gasteiger partial charge in [0.15, 0.2) is 0 Å². The van der Waals surface area contributed by atoms with Crippen molar-refractivity contribution in [1.29, 1.82) is 0 Å². The second kappa shape index (κ2) is 7.25. The van der Waals surface area contributed by atoms with Crippen LogP contribution in [0, 0.1) is 0 Å². The normalized spacial score (nSPS) is 20.2. The molecule has 0 spiro atoms. The fourth-order valence-corrected chi connectivity index (χ4v) is 3.63. The Balaban J connectivity index is 1.63. The topological polar surface area (TPSA) is 80.0 Å². The van der Waals surface area contributed by atoms with E-state index in [-0.39, 0.29) is 11.9 Å². The molecule has 4 rings (SSSR count). The van der Waals surface area contributed by atoms with Gasteiger partial charge < -0.3 is 15.0 Å². The molecule has 134 valence electrons. The second-order valence-corrected chi connectivity index (χ2v) is 6.83. The van der Waals surface area contributed by atoms with Gasteiger partial charge >= 0.3 is 0 Å². The van der Waals surface area contributed by atoms with Crippen molar-refractivity contribution in [2.75, 3.05) is 0 Å². The molecule has 1 saturated carbocycles. The first kappa shape index (κ1) is 16.7. The molecule has 0 unspecified atom stereocenters. The Bertz CT molecular complexity index is 907. The van der Waals surface area contributed by atoms with E-state index in [9.17, 15) is 9.90 Å². The van der Waals surface area contributed by atoms with Crippen LogP contribution in [0.1, 0.15) is 41.6 Å². The Morgan fingerprint density at radius 1 is 1.19 bits per heavy atom. The molecular weight excluding hydrogens is 328 g/mol. The van der Waals surface area contributed by atoms with Crippen LogP contribution in [0.15, 0.2) is 49.1 Å². The summed E-state index contributed by atoms with van der Waals surface area (Å²) in [6.45, 7) is 0.643. The monoisotopic (exact) mass is 350 g/mol. The lowest BCUT2D eigenvalue weighted by molar-refractivity contribution is 0.0718. The zero-order chi connectivity index (χ0) is 17.9. The maximum atomic E-state index is 12.9. The molecule has 0 aliphatic heterocycles. The van der Waals surface area contributed by atoms with E-state index in [1.807, 2.05) is 35.0 Å². The zero-order valence-electron chi connectivity index (χ0n) is 14.5. The van der Waals surface area contributed by atoms with Gasteiger partial charge in [-0.05, 0) is 42.7 Å². The van der Waals surface area contributed by atoms with Crippen LogP contribution in [-0.4, -0.2) is 37.7 Å². The number of aromatic nitrogens is 3. The van der Waals surface area contributed by atoms with E-state index in [0.29, 0.717) is 17.6 Å². The Hall–Kier alpha value is -2.73. The highest BCUT2D eigenvalue weighted by Gasteiger charge is 2.26. The van der Waals surface area contributed by atoms with Crippen molar-refractivity contribution < 1.29 is 9.90 Å². The lowest BCUT2D eigenvalue weighted by atomic mass is 9.92. The summed E-state index contributed by atoms with van der Waals surface area (Å²) in [5.41, 5.74) is 3.26. The Morgan fingerprint density at radius 3 is 2.81 bits per heavy atom. The first-order valence-corrected chi connectivity index (χ1v) is 9.04. The number of amides is 1. The predicted octanol–water partition coefficient (Wildman–Crippen LogP) is 2.51. The molecule has 26 heavy (non-hydrogen) atoms. The van der Waals surface area contributed by atoms with E-state index < -0.39 is 6.10 Å². The van der Waals surface area contributed by atoms with Gasteiger partial charge in [0.1, 0.15) is 5.52 Å². The van der Waals surface area contributed by atoms with Crippen molar-refractivity contribution in [3.63, 3.8) is 0 Å². The molecule has 2 N–H and O–H groups in total. The number of rotatable bonds is 4. The molecule has 3 aromatic rings. The average molecular weight is 350 g/mol. The molecule has 3 aromatic heterocycles. The maximum absolute atomic E-state index is 12.9. The minimum absolute atomic E-state index is 0.173. The van der Waals surface area contributed by atoms with E-state index >= 15 is 0 Å². The highest BCUT2D eigenvalue weighted by atomic mass is 16.3. The largest absolute Gasteiger partial charge is 0.391 e. The van der Waals surface area contributed by atoms with Crippen LogP contribution in [0.4, 0.5) is 0 Å². The maximum Gasteiger partial charge on any atom is 0.255 e. The van der Waals surface area contributed by atoms with Gasteiger partial charge in [-0.15, -0.1) is 0 Å². The standard InChI is InChI=1S/C20H22N4O2/c25-18-6-2-1-4-16(18)23-20(26)15-13-24(12-14-7-10-21-11-8-14)17-5-3-9-22-19(15)17/h3,5,7-11,13,16,18,25H,1-2,4,6,12H2,(H,23,26)/t16-,18-/m0/s1. The van der Waals surface area contributed by atoms with Crippen LogP contribution < -0.4 is 5.32 Å². The minimum Gasteiger partial charge on any atom is -0.391 e. The molecule has 1 aliphatic carbocycles. The van der Waals surface area contributed by atoms with E-state index in [1.54, 1.807) is 18.6 Å². The van der Waals surface area contributed by atoms with E-state index in [2.05, 4.69) is 15.3 Å². The average Bonchev–Trinajstić information content (AvgIpc) is 3.03. The van der Waals surface area contributed by atoms with Gasteiger partial charge in [0, 0.05) is 31.3 Å². The number of pyridine rings is 2. The lowest BCUT2D eigenvalue weighted by Gasteiger charge is -2.28. The molecular formula is C20H22N4O2.